The first-order chi connectivity index (χ1) is 20.9. The first kappa shape index (κ1) is 25.1. The molecule has 42 heavy (non-hydrogen) atoms. The topological polar surface area (TPSA) is 77.3 Å². The van der Waals surface area contributed by atoms with E-state index in [1.54, 1.807) is 24.8 Å². The van der Waals surface area contributed by atoms with Gasteiger partial charge in [-0.25, -0.2) is 0 Å². The molecule has 0 aliphatic rings. The van der Waals surface area contributed by atoms with Crippen LogP contribution >= 0.6 is 0 Å². The minimum atomic E-state index is 0.794. The molecule has 0 saturated carbocycles. The number of aromatic nitrogens is 6. The first-order valence-corrected chi connectivity index (χ1v) is 13.6. The standard InChI is InChI=1S/C36H24N6/c1-5-19-37-29(9-1)33-27(17-23-41-35(33)31-11-3-7-21-39-31)25-13-15-26(16-14-25)28-18-24-42-36(32-12-4-8-22-40-32)34(28)30-10-2-6-20-38-30/h1-24H. The maximum atomic E-state index is 4.74. The van der Waals surface area contributed by atoms with Crippen molar-refractivity contribution in [3.05, 3.63) is 146 Å². The van der Waals surface area contributed by atoms with Crippen LogP contribution in [0.3, 0.4) is 0 Å². The Bertz CT molecular complexity index is 1800. The van der Waals surface area contributed by atoms with Crippen LogP contribution in [0.15, 0.2) is 146 Å². The molecular weight excluding hydrogens is 516 g/mol. The lowest BCUT2D eigenvalue weighted by atomic mass is 9.91. The molecule has 0 atom stereocenters. The Morgan fingerprint density at radius 2 is 0.643 bits per heavy atom. The third-order valence-electron chi connectivity index (χ3n) is 7.07. The fourth-order valence-electron chi connectivity index (χ4n) is 5.17. The average Bonchev–Trinajstić information content (AvgIpc) is 3.09. The van der Waals surface area contributed by atoms with Crippen LogP contribution < -0.4 is 0 Å². The van der Waals surface area contributed by atoms with Gasteiger partial charge in [-0.1, -0.05) is 48.5 Å². The zero-order valence-corrected chi connectivity index (χ0v) is 22.5. The van der Waals surface area contributed by atoms with Crippen molar-refractivity contribution in [2.75, 3.05) is 0 Å². The van der Waals surface area contributed by atoms with Crippen molar-refractivity contribution in [2.24, 2.45) is 0 Å². The first-order valence-electron chi connectivity index (χ1n) is 13.6. The molecule has 0 bridgehead atoms. The van der Waals surface area contributed by atoms with Crippen LogP contribution in [-0.2, 0) is 0 Å². The van der Waals surface area contributed by atoms with E-state index in [0.717, 1.165) is 67.5 Å². The van der Waals surface area contributed by atoms with Crippen LogP contribution in [0.2, 0.25) is 0 Å². The zero-order valence-electron chi connectivity index (χ0n) is 22.5. The minimum absolute atomic E-state index is 0.794. The van der Waals surface area contributed by atoms with E-state index in [1.807, 2.05) is 97.3 Å². The highest BCUT2D eigenvalue weighted by Gasteiger charge is 2.19. The normalized spacial score (nSPS) is 10.9. The minimum Gasteiger partial charge on any atom is -0.256 e. The molecule has 7 aromatic rings. The third kappa shape index (κ3) is 4.82. The van der Waals surface area contributed by atoms with Crippen molar-refractivity contribution < 1.29 is 0 Å². The number of benzene rings is 1. The van der Waals surface area contributed by atoms with E-state index in [-0.39, 0.29) is 0 Å². The number of rotatable bonds is 6. The molecule has 6 heterocycles. The van der Waals surface area contributed by atoms with Crippen molar-refractivity contribution >= 4 is 0 Å². The van der Waals surface area contributed by atoms with Crippen molar-refractivity contribution in [1.82, 2.24) is 29.9 Å². The number of hydrogen-bond donors (Lipinski definition) is 0. The van der Waals surface area contributed by atoms with Gasteiger partial charge in [-0.2, -0.15) is 0 Å². The predicted octanol–water partition coefficient (Wildman–Crippen LogP) is 8.06. The SMILES string of the molecule is c1ccc(-c2nccc(-c3ccc(-c4ccnc(-c5ccccn5)c4-c4ccccn4)cc3)c2-c2ccccn2)nc1. The summed E-state index contributed by atoms with van der Waals surface area (Å²) in [5.41, 5.74) is 10.9. The van der Waals surface area contributed by atoms with E-state index in [0.29, 0.717) is 0 Å². The van der Waals surface area contributed by atoms with E-state index >= 15 is 0 Å². The molecule has 0 N–H and O–H groups in total. The van der Waals surface area contributed by atoms with E-state index in [1.165, 1.54) is 0 Å². The molecule has 6 heteroatoms. The Labute approximate surface area is 243 Å². The van der Waals surface area contributed by atoms with Crippen LogP contribution in [0.25, 0.3) is 67.5 Å². The third-order valence-corrected chi connectivity index (χ3v) is 7.07. The highest BCUT2D eigenvalue weighted by atomic mass is 14.8. The zero-order chi connectivity index (χ0) is 28.1. The van der Waals surface area contributed by atoms with Gasteiger partial charge < -0.3 is 0 Å². The highest BCUT2D eigenvalue weighted by Crippen LogP contribution is 2.40. The maximum Gasteiger partial charge on any atom is 0.0986 e. The summed E-state index contributed by atoms with van der Waals surface area (Å²) in [6.07, 6.45) is 10.8. The van der Waals surface area contributed by atoms with Gasteiger partial charge in [0.1, 0.15) is 0 Å². The van der Waals surface area contributed by atoms with E-state index in [9.17, 15) is 0 Å². The van der Waals surface area contributed by atoms with Crippen LogP contribution in [0.4, 0.5) is 0 Å². The Hall–Kier alpha value is -5.88. The van der Waals surface area contributed by atoms with Gasteiger partial charge in [0.2, 0.25) is 0 Å². The predicted molar refractivity (Wildman–Crippen MR) is 166 cm³/mol. The van der Waals surface area contributed by atoms with E-state index in [4.69, 9.17) is 9.97 Å². The Morgan fingerprint density at radius 1 is 0.286 bits per heavy atom. The largest absolute Gasteiger partial charge is 0.256 e. The molecule has 0 aliphatic carbocycles. The summed E-state index contributed by atoms with van der Waals surface area (Å²) in [4.78, 5) is 28.0. The van der Waals surface area contributed by atoms with Gasteiger partial charge in [0.05, 0.1) is 34.2 Å². The molecular formula is C36H24N6. The molecule has 6 aromatic heterocycles. The Balaban J connectivity index is 1.37. The van der Waals surface area contributed by atoms with Crippen molar-refractivity contribution in [3.8, 4) is 67.5 Å². The van der Waals surface area contributed by atoms with Gasteiger partial charge in [0.15, 0.2) is 0 Å². The summed E-state index contributed by atoms with van der Waals surface area (Å²) in [5.74, 6) is 0. The molecule has 0 spiro atoms. The van der Waals surface area contributed by atoms with E-state index < -0.39 is 0 Å². The maximum absolute atomic E-state index is 4.74. The summed E-state index contributed by atoms with van der Waals surface area (Å²) in [6, 6.07) is 36.2. The van der Waals surface area contributed by atoms with Crippen LogP contribution in [-0.4, -0.2) is 29.9 Å². The summed E-state index contributed by atoms with van der Waals surface area (Å²) in [7, 11) is 0. The molecule has 6 nitrogen and oxygen atoms in total. The van der Waals surface area contributed by atoms with Crippen LogP contribution in [0.5, 0.6) is 0 Å². The monoisotopic (exact) mass is 540 g/mol. The Kier molecular flexibility index (Phi) is 6.76. The smallest absolute Gasteiger partial charge is 0.0986 e. The number of hydrogen-bond acceptors (Lipinski definition) is 6. The van der Waals surface area contributed by atoms with Gasteiger partial charge in [-0.05, 0) is 82.9 Å². The number of pyridine rings is 6. The van der Waals surface area contributed by atoms with Crippen LogP contribution in [0, 0.1) is 0 Å². The summed E-state index contributed by atoms with van der Waals surface area (Å²) >= 11 is 0. The van der Waals surface area contributed by atoms with Crippen LogP contribution in [0.1, 0.15) is 0 Å². The molecule has 0 saturated heterocycles. The van der Waals surface area contributed by atoms with Crippen molar-refractivity contribution in [3.63, 3.8) is 0 Å². The Morgan fingerprint density at radius 3 is 0.976 bits per heavy atom. The molecule has 0 radical (unpaired) electrons. The summed E-state index contributed by atoms with van der Waals surface area (Å²) in [5, 5.41) is 0. The fourth-order valence-corrected chi connectivity index (χ4v) is 5.17. The molecule has 7 rings (SSSR count). The second-order valence-electron chi connectivity index (χ2n) is 9.60. The quantitative estimate of drug-likeness (QED) is 0.212. The van der Waals surface area contributed by atoms with Gasteiger partial charge >= 0.3 is 0 Å². The lowest BCUT2D eigenvalue weighted by Gasteiger charge is -2.16. The van der Waals surface area contributed by atoms with E-state index in [2.05, 4.69) is 44.2 Å². The van der Waals surface area contributed by atoms with Gasteiger partial charge in [-0.15, -0.1) is 0 Å². The molecule has 1 aromatic carbocycles. The fraction of sp³-hybridized carbons (Fsp3) is 0. The van der Waals surface area contributed by atoms with Gasteiger partial charge in [0.25, 0.3) is 0 Å². The van der Waals surface area contributed by atoms with Gasteiger partial charge in [-0.3, -0.25) is 29.9 Å². The molecule has 0 fully saturated rings. The summed E-state index contributed by atoms with van der Waals surface area (Å²) in [6.45, 7) is 0. The lowest BCUT2D eigenvalue weighted by molar-refractivity contribution is 1.23. The molecule has 198 valence electrons. The lowest BCUT2D eigenvalue weighted by Crippen LogP contribution is -1.97. The van der Waals surface area contributed by atoms with Crippen molar-refractivity contribution in [2.45, 2.75) is 0 Å². The second kappa shape index (κ2) is 11.3. The highest BCUT2D eigenvalue weighted by molar-refractivity contribution is 5.93. The molecule has 0 unspecified atom stereocenters. The van der Waals surface area contributed by atoms with Crippen molar-refractivity contribution in [1.29, 1.82) is 0 Å². The molecule has 0 amide bonds. The second-order valence-corrected chi connectivity index (χ2v) is 9.60. The number of nitrogens with zero attached hydrogens (tertiary/aromatic N) is 6. The average molecular weight is 541 g/mol. The summed E-state index contributed by atoms with van der Waals surface area (Å²) < 4.78 is 0. The molecule has 0 aliphatic heterocycles. The van der Waals surface area contributed by atoms with Gasteiger partial charge in [0, 0.05) is 48.3 Å².